The van der Waals surface area contributed by atoms with E-state index in [2.05, 4.69) is 108 Å². The predicted octanol–water partition coefficient (Wildman–Crippen LogP) is -1.47. The van der Waals surface area contributed by atoms with Gasteiger partial charge in [-0.05, 0) is 0 Å². The maximum Gasteiger partial charge on any atom is -1.00 e. The standard InChI is InChI=1S/C12H11Si.C9H7.C6H13NO.2ClH.Ti/c1-3-7-11(8-4-1)13-12-9-5-2-6-10-12;1-2-5-9-7-3-6-8(9)4-1;1-2-3-4-5-6(7)8;;;/h1-10,13H;1-7H;2-5H2,1H3,(H2,7,8);2*1H;/q;;;;;+3/p-3. The first-order valence-electron chi connectivity index (χ1n) is 11.3. The molecular formula is C27H30Cl2NOSiTi. The molecule has 1 atom stereocenters. The van der Waals surface area contributed by atoms with Crippen LogP contribution in [0.25, 0.3) is 6.08 Å². The van der Waals surface area contributed by atoms with Gasteiger partial charge in [0.2, 0.25) is 0 Å². The molecule has 0 aromatic heterocycles. The number of rotatable bonds is 9. The van der Waals surface area contributed by atoms with E-state index in [1.807, 2.05) is 0 Å². The van der Waals surface area contributed by atoms with E-state index >= 15 is 0 Å². The number of hydrogen-bond acceptors (Lipinski definition) is 1. The third-order valence-corrected chi connectivity index (χ3v) is 19.6. The fraction of sp³-hybridized carbons (Fsp3) is 0.222. The Bertz CT molecular complexity index is 993. The fourth-order valence-electron chi connectivity index (χ4n) is 4.45. The van der Waals surface area contributed by atoms with Crippen molar-refractivity contribution in [3.8, 4) is 0 Å². The first kappa shape index (κ1) is 27.6. The Labute approximate surface area is 217 Å². The van der Waals surface area contributed by atoms with E-state index in [1.165, 1.54) is 21.5 Å². The minimum atomic E-state index is -2.11. The number of benzene rings is 3. The zero-order chi connectivity index (χ0) is 21.5. The first-order valence-corrected chi connectivity index (χ1v) is 17.4. The number of carbonyl (C=O) groups excluding carboxylic acids is 1. The first-order chi connectivity index (χ1) is 15.3. The smallest absolute Gasteiger partial charge is 1.00 e. The molecule has 1 amide bonds. The molecule has 33 heavy (non-hydrogen) atoms. The summed E-state index contributed by atoms with van der Waals surface area (Å²) < 4.78 is 4.06. The molecule has 0 aliphatic heterocycles. The second-order valence-electron chi connectivity index (χ2n) is 8.18. The SMILES string of the molecule is CCCCCC(=O)[NH][Ti+2]([CH]1C=Cc2ccccc21)[SiH](c1ccccc1)c1ccccc1.[Cl-].[Cl-]. The summed E-state index contributed by atoms with van der Waals surface area (Å²) in [7, 11) is 0. The molecule has 0 spiro atoms. The van der Waals surface area contributed by atoms with Crippen molar-refractivity contribution in [2.24, 2.45) is 0 Å². The zero-order valence-corrected chi connectivity index (χ0v) is 23.1. The number of hydrogen-bond donors (Lipinski definition) is 1. The van der Waals surface area contributed by atoms with Crippen LogP contribution in [0.1, 0.15) is 48.0 Å². The molecule has 3 aromatic carbocycles. The number of fused-ring (bicyclic) bond motifs is 1. The number of amides is 1. The third kappa shape index (κ3) is 6.94. The van der Waals surface area contributed by atoms with Gasteiger partial charge in [-0.15, -0.1) is 0 Å². The van der Waals surface area contributed by atoms with Crippen molar-refractivity contribution in [3.63, 3.8) is 0 Å². The van der Waals surface area contributed by atoms with Crippen LogP contribution in [-0.2, 0) is 22.2 Å². The van der Waals surface area contributed by atoms with Gasteiger partial charge in [-0.3, -0.25) is 0 Å². The molecule has 0 fully saturated rings. The van der Waals surface area contributed by atoms with E-state index in [1.54, 1.807) is 0 Å². The summed E-state index contributed by atoms with van der Waals surface area (Å²) in [4.78, 5) is 13.1. The maximum atomic E-state index is 13.1. The van der Waals surface area contributed by atoms with Crippen LogP contribution < -0.4 is 39.0 Å². The monoisotopic (exact) mass is 530 g/mol. The average molecular weight is 531 g/mol. The van der Waals surface area contributed by atoms with E-state index < -0.39 is 24.0 Å². The fourth-order valence-corrected chi connectivity index (χ4v) is 19.0. The second kappa shape index (κ2) is 13.9. The molecule has 6 heteroatoms. The number of unbranched alkanes of at least 4 members (excludes halogenated alkanes) is 2. The van der Waals surface area contributed by atoms with Crippen molar-refractivity contribution in [2.75, 3.05) is 0 Å². The van der Waals surface area contributed by atoms with Crippen molar-refractivity contribution < 1.29 is 47.0 Å². The van der Waals surface area contributed by atoms with E-state index in [9.17, 15) is 4.79 Å². The molecule has 0 radical (unpaired) electrons. The van der Waals surface area contributed by atoms with Gasteiger partial charge in [0.1, 0.15) is 0 Å². The molecule has 1 unspecified atom stereocenters. The Hall–Kier alpha value is -1.62. The summed E-state index contributed by atoms with van der Waals surface area (Å²) in [5.74, 6) is 0.255. The summed E-state index contributed by atoms with van der Waals surface area (Å²) in [6.45, 7) is 0.595. The van der Waals surface area contributed by atoms with Crippen molar-refractivity contribution in [1.82, 2.24) is 3.80 Å². The quantitative estimate of drug-likeness (QED) is 0.266. The normalized spacial score (nSPS) is 13.6. The van der Waals surface area contributed by atoms with Gasteiger partial charge in [0, 0.05) is 0 Å². The van der Waals surface area contributed by atoms with Crippen LogP contribution in [0, 0.1) is 0 Å². The number of carbonyl (C=O) groups is 1. The van der Waals surface area contributed by atoms with Crippen LogP contribution in [0.3, 0.4) is 0 Å². The zero-order valence-electron chi connectivity index (χ0n) is 18.9. The number of nitrogens with one attached hydrogen (secondary N) is 1. The van der Waals surface area contributed by atoms with Crippen LogP contribution in [0.5, 0.6) is 0 Å². The minimum absolute atomic E-state index is 0. The molecular weight excluding hydrogens is 501 g/mol. The summed E-state index contributed by atoms with van der Waals surface area (Å²) in [5, 5.41) is 2.88. The van der Waals surface area contributed by atoms with Gasteiger partial charge in [-0.1, -0.05) is 0 Å². The Morgan fingerprint density at radius 1 is 0.848 bits per heavy atom. The molecule has 0 saturated heterocycles. The van der Waals surface area contributed by atoms with Crippen LogP contribution in [-0.4, -0.2) is 12.6 Å². The van der Waals surface area contributed by atoms with Gasteiger partial charge in [-0.2, -0.15) is 0 Å². The molecule has 1 N–H and O–H groups in total. The van der Waals surface area contributed by atoms with Crippen LogP contribution in [0.4, 0.5) is 0 Å². The number of halogens is 2. The van der Waals surface area contributed by atoms with E-state index in [-0.39, 0.29) is 30.7 Å². The molecule has 171 valence electrons. The van der Waals surface area contributed by atoms with Crippen molar-refractivity contribution in [3.05, 3.63) is 102 Å². The molecule has 0 saturated carbocycles. The maximum absolute atomic E-state index is 13.1. The van der Waals surface area contributed by atoms with Crippen molar-refractivity contribution in [2.45, 2.75) is 36.8 Å². The molecule has 1 aliphatic carbocycles. The summed E-state index contributed by atoms with van der Waals surface area (Å²) >= 11 is -2.11. The molecule has 2 nitrogen and oxygen atoms in total. The molecule has 0 heterocycles. The third-order valence-electron chi connectivity index (χ3n) is 6.00. The average Bonchev–Trinajstić information content (AvgIpc) is 3.24. The summed E-state index contributed by atoms with van der Waals surface area (Å²) in [5.41, 5.74) is 2.71. The summed E-state index contributed by atoms with van der Waals surface area (Å²) in [6.07, 6.45) is 8.52. The molecule has 4 rings (SSSR count). The summed E-state index contributed by atoms with van der Waals surface area (Å²) in [6, 6.07) is 30.6. The van der Waals surface area contributed by atoms with Crippen LogP contribution >= 0.6 is 0 Å². The van der Waals surface area contributed by atoms with Gasteiger partial charge in [0.15, 0.2) is 0 Å². The van der Waals surface area contributed by atoms with Crippen LogP contribution in [0.2, 0.25) is 0 Å². The minimum Gasteiger partial charge on any atom is -1.00 e. The Morgan fingerprint density at radius 2 is 1.42 bits per heavy atom. The van der Waals surface area contributed by atoms with Gasteiger partial charge in [0.25, 0.3) is 0 Å². The second-order valence-corrected chi connectivity index (χ2v) is 18.4. The van der Waals surface area contributed by atoms with Gasteiger partial charge < -0.3 is 24.8 Å². The topological polar surface area (TPSA) is 29.1 Å². The van der Waals surface area contributed by atoms with Crippen molar-refractivity contribution in [1.29, 1.82) is 0 Å². The Morgan fingerprint density at radius 3 is 2.03 bits per heavy atom. The van der Waals surface area contributed by atoms with E-state index in [4.69, 9.17) is 0 Å². The van der Waals surface area contributed by atoms with Gasteiger partial charge in [0.05, 0.1) is 0 Å². The largest absolute Gasteiger partial charge is 1.00 e. The molecule has 1 aliphatic rings. The predicted molar refractivity (Wildman–Crippen MR) is 130 cm³/mol. The van der Waals surface area contributed by atoms with Crippen molar-refractivity contribution >= 4 is 29.0 Å². The molecule has 0 bridgehead atoms. The van der Waals surface area contributed by atoms with Gasteiger partial charge >= 0.3 is 194 Å². The number of allylic oxidation sites excluding steroid dienone is 1. The van der Waals surface area contributed by atoms with Crippen LogP contribution in [0.15, 0.2) is 91.0 Å². The molecule has 3 aromatic rings. The van der Waals surface area contributed by atoms with E-state index in [0.29, 0.717) is 10.6 Å². The Balaban J connectivity index is 0.00000193. The van der Waals surface area contributed by atoms with Gasteiger partial charge in [-0.25, -0.2) is 0 Å². The Kier molecular flexibility index (Phi) is 11.7. The van der Waals surface area contributed by atoms with E-state index in [0.717, 1.165) is 19.3 Å².